The Bertz CT molecular complexity index is 4040. The SMILES string of the molecule is CC(C)(C)C1=CCC(N(c2ccccc2)c2cc3c(c4c2oc2ccccc24)-c2c(cc(N(c4ccccc4)c4ccc(C(C)(C)C)cc4)c4c2oc2ccccc24)C32c3ccccc3-c3ccccc32)C=C1. The van der Waals surface area contributed by atoms with Crippen LogP contribution < -0.4 is 9.80 Å². The molecule has 1 spiro atoms. The molecule has 2 aromatic heterocycles. The fourth-order valence-corrected chi connectivity index (χ4v) is 12.7. The van der Waals surface area contributed by atoms with Crippen molar-refractivity contribution in [2.24, 2.45) is 5.41 Å². The van der Waals surface area contributed by atoms with Crippen LogP contribution in [0, 0.1) is 5.41 Å². The number of benzene rings is 9. The molecule has 11 aromatic rings. The molecule has 2 heterocycles. The highest BCUT2D eigenvalue weighted by atomic mass is 16.3. The van der Waals surface area contributed by atoms with E-state index in [0.717, 1.165) is 89.9 Å². The van der Waals surface area contributed by atoms with E-state index in [1.165, 1.54) is 44.5 Å². The van der Waals surface area contributed by atoms with Gasteiger partial charge in [-0.1, -0.05) is 193 Å². The quantitative estimate of drug-likeness (QED) is 0.166. The first-order valence-corrected chi connectivity index (χ1v) is 25.9. The maximum atomic E-state index is 7.49. The van der Waals surface area contributed by atoms with Gasteiger partial charge in [-0.3, -0.25) is 0 Å². The van der Waals surface area contributed by atoms with Gasteiger partial charge in [-0.25, -0.2) is 0 Å². The van der Waals surface area contributed by atoms with E-state index in [9.17, 15) is 0 Å². The second kappa shape index (κ2) is 15.8. The van der Waals surface area contributed by atoms with Crippen molar-refractivity contribution in [2.75, 3.05) is 9.80 Å². The van der Waals surface area contributed by atoms with E-state index in [1.54, 1.807) is 0 Å². The predicted molar refractivity (Wildman–Crippen MR) is 304 cm³/mol. The number of hydrogen-bond donors (Lipinski definition) is 0. The minimum Gasteiger partial charge on any atom is -0.455 e. The van der Waals surface area contributed by atoms with Gasteiger partial charge in [0.15, 0.2) is 5.58 Å². The second-order valence-electron chi connectivity index (χ2n) is 22.3. The van der Waals surface area contributed by atoms with Crippen LogP contribution in [-0.4, -0.2) is 6.04 Å². The zero-order valence-electron chi connectivity index (χ0n) is 42.2. The number of furan rings is 2. The molecular weight excluding hydrogens is 889 g/mol. The van der Waals surface area contributed by atoms with E-state index in [4.69, 9.17) is 8.83 Å². The zero-order valence-corrected chi connectivity index (χ0v) is 42.2. The van der Waals surface area contributed by atoms with Crippen molar-refractivity contribution in [2.45, 2.75) is 64.8 Å². The average molecular weight is 945 g/mol. The molecular formula is C69H56N2O2. The molecule has 1 unspecified atom stereocenters. The fraction of sp³-hybridized carbons (Fsp3) is 0.159. The number of allylic oxidation sites excluding steroid dienone is 2. The number of rotatable bonds is 6. The maximum Gasteiger partial charge on any atom is 0.159 e. The standard InChI is InChI=1S/C69H56N2O2/c1-67(2,3)43-33-37-47(38-34-43)70(45-21-9-7-10-22-45)57-41-56-64(66-61(57)51-27-15-19-31-59(51)73-66)63-55(69(56)53-29-17-13-25-49(53)50-26-14-18-30-54(50)69)42-58(65-62(63)52-28-16-20-32-60(52)72-65)71(46-23-11-8-12-24-46)48-39-35-44(36-40-48)68(4,5)6/h7-39,41-42,48H,40H2,1-6H3. The Morgan fingerprint density at radius 3 is 1.59 bits per heavy atom. The lowest BCUT2D eigenvalue weighted by molar-refractivity contribution is 0.510. The van der Waals surface area contributed by atoms with Crippen LogP contribution in [0.15, 0.2) is 227 Å². The molecule has 1 atom stereocenters. The van der Waals surface area contributed by atoms with E-state index in [1.807, 2.05) is 0 Å². The monoisotopic (exact) mass is 944 g/mol. The van der Waals surface area contributed by atoms with Crippen LogP contribution in [0.1, 0.15) is 75.8 Å². The Kier molecular flexibility index (Phi) is 9.42. The molecule has 3 aliphatic rings. The van der Waals surface area contributed by atoms with Crippen LogP contribution in [0.5, 0.6) is 0 Å². The zero-order chi connectivity index (χ0) is 49.4. The number of hydrogen-bond acceptors (Lipinski definition) is 4. The highest BCUT2D eigenvalue weighted by molar-refractivity contribution is 6.26. The third kappa shape index (κ3) is 6.32. The van der Waals surface area contributed by atoms with Crippen molar-refractivity contribution in [3.05, 3.63) is 246 Å². The third-order valence-electron chi connectivity index (χ3n) is 16.1. The molecule has 73 heavy (non-hydrogen) atoms. The van der Waals surface area contributed by atoms with E-state index in [-0.39, 0.29) is 16.9 Å². The lowest BCUT2D eigenvalue weighted by atomic mass is 9.70. The van der Waals surface area contributed by atoms with E-state index < -0.39 is 5.41 Å². The number of anilines is 5. The van der Waals surface area contributed by atoms with Gasteiger partial charge >= 0.3 is 0 Å². The normalized spacial score (nSPS) is 15.5. The summed E-state index contributed by atoms with van der Waals surface area (Å²) in [7, 11) is 0. The summed E-state index contributed by atoms with van der Waals surface area (Å²) < 4.78 is 14.8. The molecule has 9 aromatic carbocycles. The van der Waals surface area contributed by atoms with Gasteiger partial charge in [-0.15, -0.1) is 0 Å². The van der Waals surface area contributed by atoms with Crippen molar-refractivity contribution < 1.29 is 8.83 Å². The van der Waals surface area contributed by atoms with Gasteiger partial charge in [0.1, 0.15) is 16.7 Å². The molecule has 0 saturated carbocycles. The van der Waals surface area contributed by atoms with Crippen molar-refractivity contribution >= 4 is 72.3 Å². The molecule has 0 N–H and O–H groups in total. The molecule has 4 nitrogen and oxygen atoms in total. The van der Waals surface area contributed by atoms with Gasteiger partial charge in [0.2, 0.25) is 0 Å². The van der Waals surface area contributed by atoms with Crippen molar-refractivity contribution in [3.8, 4) is 22.3 Å². The van der Waals surface area contributed by atoms with Crippen molar-refractivity contribution in [3.63, 3.8) is 0 Å². The second-order valence-corrected chi connectivity index (χ2v) is 22.3. The molecule has 0 radical (unpaired) electrons. The Morgan fingerprint density at radius 2 is 0.986 bits per heavy atom. The van der Waals surface area contributed by atoms with Crippen LogP contribution in [0.3, 0.4) is 0 Å². The van der Waals surface area contributed by atoms with Crippen LogP contribution in [0.25, 0.3) is 66.1 Å². The Balaban J connectivity index is 1.17. The van der Waals surface area contributed by atoms with Crippen LogP contribution in [-0.2, 0) is 10.8 Å². The van der Waals surface area contributed by atoms with Crippen molar-refractivity contribution in [1.29, 1.82) is 0 Å². The highest BCUT2D eigenvalue weighted by Crippen LogP contribution is 2.68. The number of nitrogens with zero attached hydrogens (tertiary/aromatic N) is 2. The minimum absolute atomic E-state index is 0.00398. The summed E-state index contributed by atoms with van der Waals surface area (Å²) in [5.74, 6) is 0. The Labute approximate surface area is 427 Å². The van der Waals surface area contributed by atoms with E-state index >= 15 is 0 Å². The Hall–Kier alpha value is -8.34. The topological polar surface area (TPSA) is 32.8 Å². The largest absolute Gasteiger partial charge is 0.455 e. The molecule has 354 valence electrons. The predicted octanol–water partition coefficient (Wildman–Crippen LogP) is 19.0. The van der Waals surface area contributed by atoms with Gasteiger partial charge < -0.3 is 18.6 Å². The summed E-state index contributed by atoms with van der Waals surface area (Å²) in [6, 6.07) is 71.5. The van der Waals surface area contributed by atoms with E-state index in [0.29, 0.717) is 0 Å². The molecule has 3 aliphatic carbocycles. The van der Waals surface area contributed by atoms with E-state index in [2.05, 4.69) is 264 Å². The lowest BCUT2D eigenvalue weighted by Crippen LogP contribution is -2.32. The fourth-order valence-electron chi connectivity index (χ4n) is 12.7. The first kappa shape index (κ1) is 43.4. The molecule has 4 heteroatoms. The third-order valence-corrected chi connectivity index (χ3v) is 16.1. The first-order chi connectivity index (χ1) is 35.5. The van der Waals surface area contributed by atoms with Gasteiger partial charge in [-0.2, -0.15) is 0 Å². The number of para-hydroxylation sites is 4. The van der Waals surface area contributed by atoms with Gasteiger partial charge in [0.05, 0.1) is 28.2 Å². The average Bonchev–Trinajstić information content (AvgIpc) is 4.15. The maximum absolute atomic E-state index is 7.49. The summed E-state index contributed by atoms with van der Waals surface area (Å²) in [6.45, 7) is 13.8. The molecule has 0 aliphatic heterocycles. The summed E-state index contributed by atoms with van der Waals surface area (Å²) in [5, 5.41) is 4.33. The molecule has 0 bridgehead atoms. The smallest absolute Gasteiger partial charge is 0.159 e. The van der Waals surface area contributed by atoms with Crippen molar-refractivity contribution in [1.82, 2.24) is 0 Å². The highest BCUT2D eigenvalue weighted by Gasteiger charge is 2.54. The summed E-state index contributed by atoms with van der Waals surface area (Å²) in [6.07, 6.45) is 8.06. The van der Waals surface area contributed by atoms with Gasteiger partial charge in [0.25, 0.3) is 0 Å². The Morgan fingerprint density at radius 1 is 0.466 bits per heavy atom. The molecule has 0 saturated heterocycles. The molecule has 14 rings (SSSR count). The minimum atomic E-state index is -0.760. The first-order valence-electron chi connectivity index (χ1n) is 25.9. The summed E-state index contributed by atoms with van der Waals surface area (Å²) >= 11 is 0. The van der Waals surface area contributed by atoms with Crippen LogP contribution in [0.2, 0.25) is 0 Å². The summed E-state index contributed by atoms with van der Waals surface area (Å²) in [5.41, 5.74) is 20.4. The van der Waals surface area contributed by atoms with Gasteiger partial charge in [-0.05, 0) is 122 Å². The van der Waals surface area contributed by atoms with Gasteiger partial charge in [0, 0.05) is 44.3 Å². The van der Waals surface area contributed by atoms with Crippen LogP contribution in [0.4, 0.5) is 28.4 Å². The lowest BCUT2D eigenvalue weighted by Gasteiger charge is -2.36. The molecule has 0 fully saturated rings. The van der Waals surface area contributed by atoms with Crippen LogP contribution >= 0.6 is 0 Å². The number of fused-ring (bicyclic) bond motifs is 18. The summed E-state index contributed by atoms with van der Waals surface area (Å²) in [4.78, 5) is 5.00. The molecule has 0 amide bonds.